The first-order valence-corrected chi connectivity index (χ1v) is 7.75. The Morgan fingerprint density at radius 2 is 2.08 bits per heavy atom. The Labute approximate surface area is 146 Å². The van der Waals surface area contributed by atoms with Gasteiger partial charge >= 0.3 is 6.18 Å². The molecule has 2 N–H and O–H groups in total. The summed E-state index contributed by atoms with van der Waals surface area (Å²) < 4.78 is 41.1. The topological polar surface area (TPSA) is 93.4 Å². The number of hydrogen-bond acceptors (Lipinski definition) is 4. The molecular formula is C15H16F3N7O. The predicted octanol–water partition coefficient (Wildman–Crippen LogP) is 2.45. The number of alkyl halides is 3. The number of carbonyl (C=O) groups is 1. The van der Waals surface area contributed by atoms with Gasteiger partial charge < -0.3 is 5.32 Å². The number of aryl methyl sites for hydroxylation is 1. The first-order chi connectivity index (χ1) is 12.3. The van der Waals surface area contributed by atoms with E-state index in [2.05, 4.69) is 20.6 Å². The summed E-state index contributed by atoms with van der Waals surface area (Å²) in [6.07, 6.45) is 0.158. The normalized spacial score (nSPS) is 11.7. The summed E-state index contributed by atoms with van der Waals surface area (Å²) in [5, 5.41) is 16.0. The Kier molecular flexibility index (Phi) is 4.53. The number of rotatable bonds is 5. The van der Waals surface area contributed by atoms with Crippen molar-refractivity contribution in [3.05, 3.63) is 47.3 Å². The number of halogens is 3. The minimum atomic E-state index is -4.59. The molecule has 138 valence electrons. The monoisotopic (exact) mass is 367 g/mol. The Morgan fingerprint density at radius 3 is 2.69 bits per heavy atom. The van der Waals surface area contributed by atoms with E-state index in [-0.39, 0.29) is 5.69 Å². The number of aromatic amines is 1. The highest BCUT2D eigenvalue weighted by Crippen LogP contribution is 2.27. The second kappa shape index (κ2) is 6.65. The van der Waals surface area contributed by atoms with Gasteiger partial charge in [0.15, 0.2) is 5.69 Å². The van der Waals surface area contributed by atoms with E-state index in [1.54, 1.807) is 22.2 Å². The van der Waals surface area contributed by atoms with Crippen molar-refractivity contribution in [2.75, 3.05) is 5.32 Å². The van der Waals surface area contributed by atoms with Gasteiger partial charge in [-0.15, -0.1) is 0 Å². The number of aromatic nitrogens is 6. The Balaban J connectivity index is 1.67. The van der Waals surface area contributed by atoms with E-state index in [4.69, 9.17) is 0 Å². The van der Waals surface area contributed by atoms with Crippen LogP contribution in [0.1, 0.15) is 34.4 Å². The molecule has 1 amide bonds. The van der Waals surface area contributed by atoms with E-state index in [0.717, 1.165) is 17.8 Å². The van der Waals surface area contributed by atoms with E-state index in [0.29, 0.717) is 18.3 Å². The maximum absolute atomic E-state index is 12.5. The third-order valence-corrected chi connectivity index (χ3v) is 3.84. The summed E-state index contributed by atoms with van der Waals surface area (Å²) in [5.41, 5.74) is 0.915. The minimum absolute atomic E-state index is 0.354. The Hall–Kier alpha value is -3.11. The third kappa shape index (κ3) is 3.60. The lowest BCUT2D eigenvalue weighted by molar-refractivity contribution is -0.141. The van der Waals surface area contributed by atoms with Gasteiger partial charge in [0.1, 0.15) is 5.69 Å². The fraction of sp³-hybridized carbons (Fsp3) is 0.333. The van der Waals surface area contributed by atoms with Crippen molar-refractivity contribution in [3.63, 3.8) is 0 Å². The molecule has 0 saturated carbocycles. The number of nitrogens with one attached hydrogen (secondary N) is 2. The summed E-state index contributed by atoms with van der Waals surface area (Å²) in [6, 6.07) is 0.655. The first-order valence-electron chi connectivity index (χ1n) is 7.75. The van der Waals surface area contributed by atoms with Crippen molar-refractivity contribution in [2.45, 2.75) is 33.1 Å². The zero-order chi connectivity index (χ0) is 18.9. The maximum Gasteiger partial charge on any atom is 0.432 e. The molecule has 11 heteroatoms. The number of anilines is 1. The van der Waals surface area contributed by atoms with Crippen molar-refractivity contribution < 1.29 is 18.0 Å². The van der Waals surface area contributed by atoms with Gasteiger partial charge in [0, 0.05) is 30.1 Å². The van der Waals surface area contributed by atoms with Crippen LogP contribution in [0.3, 0.4) is 0 Å². The Morgan fingerprint density at radius 1 is 1.31 bits per heavy atom. The van der Waals surface area contributed by atoms with Gasteiger partial charge in [-0.25, -0.2) is 0 Å². The van der Waals surface area contributed by atoms with Crippen LogP contribution in [0.5, 0.6) is 0 Å². The molecule has 0 saturated heterocycles. The van der Waals surface area contributed by atoms with Gasteiger partial charge in [-0.1, -0.05) is 0 Å². The third-order valence-electron chi connectivity index (χ3n) is 3.84. The van der Waals surface area contributed by atoms with E-state index >= 15 is 0 Å². The maximum atomic E-state index is 12.5. The highest BCUT2D eigenvalue weighted by Gasteiger charge is 2.33. The molecule has 0 unspecified atom stereocenters. The fourth-order valence-corrected chi connectivity index (χ4v) is 2.43. The van der Waals surface area contributed by atoms with Crippen molar-refractivity contribution >= 4 is 11.6 Å². The fourth-order valence-electron chi connectivity index (χ4n) is 2.43. The molecule has 3 aromatic heterocycles. The lowest BCUT2D eigenvalue weighted by Gasteiger charge is -2.03. The molecule has 0 bridgehead atoms. The molecule has 0 aliphatic heterocycles. The van der Waals surface area contributed by atoms with Crippen LogP contribution in [-0.2, 0) is 19.3 Å². The second-order valence-corrected chi connectivity index (χ2v) is 5.62. The van der Waals surface area contributed by atoms with Gasteiger partial charge in [0.2, 0.25) is 0 Å². The average Bonchev–Trinajstić information content (AvgIpc) is 3.28. The molecule has 0 fully saturated rings. The SMILES string of the molecule is CCn1ncc(Cn2cc(NC(=O)c3cc(C(F)(F)F)[nH]n3)cn2)c1C. The average molecular weight is 367 g/mol. The van der Waals surface area contributed by atoms with Crippen molar-refractivity contribution in [1.82, 2.24) is 29.8 Å². The molecule has 3 rings (SSSR count). The van der Waals surface area contributed by atoms with E-state index in [1.807, 2.05) is 18.5 Å². The molecular weight excluding hydrogens is 351 g/mol. The van der Waals surface area contributed by atoms with Crippen molar-refractivity contribution in [1.29, 1.82) is 0 Å². The van der Waals surface area contributed by atoms with Crippen molar-refractivity contribution in [2.24, 2.45) is 0 Å². The van der Waals surface area contributed by atoms with Crippen LogP contribution in [0.4, 0.5) is 18.9 Å². The highest BCUT2D eigenvalue weighted by atomic mass is 19.4. The van der Waals surface area contributed by atoms with Crippen LogP contribution in [-0.4, -0.2) is 35.7 Å². The number of nitrogens with zero attached hydrogens (tertiary/aromatic N) is 5. The predicted molar refractivity (Wildman–Crippen MR) is 85.5 cm³/mol. The molecule has 0 aromatic carbocycles. The summed E-state index contributed by atoms with van der Waals surface area (Å²) in [4.78, 5) is 12.0. The van der Waals surface area contributed by atoms with Gasteiger partial charge in [0.05, 0.1) is 24.6 Å². The van der Waals surface area contributed by atoms with Gasteiger partial charge in [-0.3, -0.25) is 19.3 Å². The van der Waals surface area contributed by atoms with Crippen LogP contribution in [0, 0.1) is 6.92 Å². The Bertz CT molecular complexity index is 922. The van der Waals surface area contributed by atoms with Gasteiger partial charge in [-0.2, -0.15) is 28.5 Å². The second-order valence-electron chi connectivity index (χ2n) is 5.62. The number of H-pyrrole nitrogens is 1. The summed E-state index contributed by atoms with van der Waals surface area (Å²) >= 11 is 0. The van der Waals surface area contributed by atoms with Crippen LogP contribution >= 0.6 is 0 Å². The number of amides is 1. The number of hydrogen-bond donors (Lipinski definition) is 2. The standard InChI is InChI=1S/C15H16F3N7O/c1-3-25-9(2)10(5-20-25)7-24-8-11(6-19-24)21-14(26)12-4-13(23-22-12)15(16,17)18/h4-6,8H,3,7H2,1-2H3,(H,21,26)(H,22,23). The lowest BCUT2D eigenvalue weighted by atomic mass is 10.2. The van der Waals surface area contributed by atoms with Gasteiger partial charge in [-0.05, 0) is 13.8 Å². The van der Waals surface area contributed by atoms with Gasteiger partial charge in [0.25, 0.3) is 5.91 Å². The molecule has 0 aliphatic rings. The molecule has 0 aliphatic carbocycles. The molecule has 26 heavy (non-hydrogen) atoms. The van der Waals surface area contributed by atoms with Crippen LogP contribution in [0.15, 0.2) is 24.7 Å². The molecule has 3 heterocycles. The van der Waals surface area contributed by atoms with Crippen LogP contribution in [0.2, 0.25) is 0 Å². The minimum Gasteiger partial charge on any atom is -0.318 e. The molecule has 0 radical (unpaired) electrons. The van der Waals surface area contributed by atoms with E-state index < -0.39 is 17.8 Å². The highest BCUT2D eigenvalue weighted by molar-refractivity contribution is 6.02. The molecule has 8 nitrogen and oxygen atoms in total. The smallest absolute Gasteiger partial charge is 0.318 e. The zero-order valence-corrected chi connectivity index (χ0v) is 14.0. The largest absolute Gasteiger partial charge is 0.432 e. The van der Waals surface area contributed by atoms with Crippen LogP contribution < -0.4 is 5.32 Å². The molecule has 3 aromatic rings. The number of carbonyl (C=O) groups excluding carboxylic acids is 1. The van der Waals surface area contributed by atoms with Crippen LogP contribution in [0.25, 0.3) is 0 Å². The quantitative estimate of drug-likeness (QED) is 0.724. The summed E-state index contributed by atoms with van der Waals surface area (Å²) in [5.74, 6) is -0.758. The van der Waals surface area contributed by atoms with E-state index in [9.17, 15) is 18.0 Å². The summed E-state index contributed by atoms with van der Waals surface area (Å²) in [6.45, 7) is 5.16. The lowest BCUT2D eigenvalue weighted by Crippen LogP contribution is -2.12. The summed E-state index contributed by atoms with van der Waals surface area (Å²) in [7, 11) is 0. The first kappa shape index (κ1) is 17.7. The van der Waals surface area contributed by atoms with Crippen molar-refractivity contribution in [3.8, 4) is 0 Å². The molecule has 0 spiro atoms. The van der Waals surface area contributed by atoms with E-state index in [1.165, 1.54) is 6.20 Å². The zero-order valence-electron chi connectivity index (χ0n) is 14.0. The molecule has 0 atom stereocenters.